The van der Waals surface area contributed by atoms with Crippen molar-refractivity contribution in [1.82, 2.24) is 14.9 Å². The molecule has 3 aromatic rings. The Kier molecular flexibility index (Phi) is 4.38. The van der Waals surface area contributed by atoms with Crippen molar-refractivity contribution in [2.75, 3.05) is 5.32 Å². The van der Waals surface area contributed by atoms with E-state index in [0.29, 0.717) is 11.4 Å². The van der Waals surface area contributed by atoms with Crippen LogP contribution in [0.5, 0.6) is 11.5 Å². The van der Waals surface area contributed by atoms with Crippen LogP contribution in [0.2, 0.25) is 0 Å². The van der Waals surface area contributed by atoms with Crippen LogP contribution in [0.4, 0.5) is 10.5 Å². The number of allylic oxidation sites excluding steroid dienone is 3. The van der Waals surface area contributed by atoms with Crippen LogP contribution in [-0.4, -0.2) is 15.6 Å². The predicted octanol–water partition coefficient (Wildman–Crippen LogP) is 4.64. The molecule has 0 bridgehead atoms. The maximum absolute atomic E-state index is 12.0. The largest absolute Gasteiger partial charge is 0.457 e. The Bertz CT molecular complexity index is 1060. The first-order valence-electron chi connectivity index (χ1n) is 8.73. The number of fused-ring (bicyclic) bond motifs is 1. The van der Waals surface area contributed by atoms with E-state index in [1.807, 2.05) is 79.2 Å². The molecule has 1 aromatic heterocycles. The summed E-state index contributed by atoms with van der Waals surface area (Å²) in [5.74, 6) is 2.39. The molecule has 2 aromatic carbocycles. The Morgan fingerprint density at radius 2 is 1.89 bits per heavy atom. The first-order chi connectivity index (χ1) is 13.1. The van der Waals surface area contributed by atoms with Crippen molar-refractivity contribution in [3.05, 3.63) is 72.2 Å². The quantitative estimate of drug-likeness (QED) is 0.712. The predicted molar refractivity (Wildman–Crippen MR) is 106 cm³/mol. The highest BCUT2D eigenvalue weighted by atomic mass is 16.5. The van der Waals surface area contributed by atoms with E-state index in [0.717, 1.165) is 34.7 Å². The third kappa shape index (κ3) is 3.69. The summed E-state index contributed by atoms with van der Waals surface area (Å²) in [6.07, 6.45) is 6.55. The molecule has 0 fully saturated rings. The third-order valence-corrected chi connectivity index (χ3v) is 4.47. The molecule has 1 heterocycles. The molecule has 1 aliphatic carbocycles. The zero-order valence-electron chi connectivity index (χ0n) is 15.2. The van der Waals surface area contributed by atoms with E-state index >= 15 is 0 Å². The molecule has 136 valence electrons. The van der Waals surface area contributed by atoms with Gasteiger partial charge in [0.1, 0.15) is 17.3 Å². The number of urea groups is 1. The Hall–Kier alpha value is -3.54. The minimum atomic E-state index is -0.254. The number of ether oxygens (including phenoxy) is 1. The lowest BCUT2D eigenvalue weighted by atomic mass is 10.3. The topological polar surface area (TPSA) is 68.2 Å². The van der Waals surface area contributed by atoms with Crippen LogP contribution in [0.3, 0.4) is 0 Å². The molecule has 0 radical (unpaired) electrons. The normalized spacial score (nSPS) is 12.9. The molecule has 0 saturated heterocycles. The lowest BCUT2D eigenvalue weighted by Crippen LogP contribution is -2.27. The van der Waals surface area contributed by atoms with Gasteiger partial charge in [0.25, 0.3) is 0 Å². The van der Waals surface area contributed by atoms with E-state index in [1.54, 1.807) is 0 Å². The Balaban J connectivity index is 1.41. The van der Waals surface area contributed by atoms with E-state index in [-0.39, 0.29) is 6.03 Å². The number of amides is 2. The second-order valence-electron chi connectivity index (χ2n) is 6.40. The minimum Gasteiger partial charge on any atom is -0.457 e. The average Bonchev–Trinajstić information content (AvgIpc) is 3.26. The van der Waals surface area contributed by atoms with Crippen LogP contribution in [0, 0.1) is 6.92 Å². The highest BCUT2D eigenvalue weighted by Gasteiger charge is 2.08. The molecule has 0 spiro atoms. The van der Waals surface area contributed by atoms with E-state index < -0.39 is 0 Å². The molecule has 0 unspecified atom stereocenters. The highest BCUT2D eigenvalue weighted by molar-refractivity contribution is 5.90. The van der Waals surface area contributed by atoms with Crippen LogP contribution in [0.1, 0.15) is 12.2 Å². The summed E-state index contributed by atoms with van der Waals surface area (Å²) in [4.78, 5) is 16.5. The molecule has 2 amide bonds. The van der Waals surface area contributed by atoms with Gasteiger partial charge in [-0.05, 0) is 49.4 Å². The number of aromatic nitrogens is 2. The van der Waals surface area contributed by atoms with Crippen molar-refractivity contribution in [2.45, 2.75) is 13.3 Å². The summed E-state index contributed by atoms with van der Waals surface area (Å²) >= 11 is 0. The van der Waals surface area contributed by atoms with Crippen molar-refractivity contribution in [3.8, 4) is 11.5 Å². The first-order valence-corrected chi connectivity index (χ1v) is 8.73. The molecule has 2 N–H and O–H groups in total. The number of hydrogen-bond acceptors (Lipinski definition) is 3. The number of rotatable bonds is 4. The van der Waals surface area contributed by atoms with Crippen molar-refractivity contribution in [2.24, 2.45) is 7.05 Å². The summed E-state index contributed by atoms with van der Waals surface area (Å²) in [5, 5.41) is 5.62. The second kappa shape index (κ2) is 6.99. The maximum atomic E-state index is 12.0. The lowest BCUT2D eigenvalue weighted by Gasteiger charge is -2.10. The standard InChI is InChI=1S/C21H20N4O2/c1-14-22-19-12-11-18(13-20(19)25(14)2)27-17-9-7-16(8-10-17)24-21(26)23-15-5-3-4-6-15/h3-5,7-13H,6H2,1-2H3,(H2,23,24,26). The van der Waals surface area contributed by atoms with Gasteiger partial charge >= 0.3 is 6.03 Å². The van der Waals surface area contributed by atoms with E-state index in [9.17, 15) is 4.79 Å². The van der Waals surface area contributed by atoms with Crippen molar-refractivity contribution >= 4 is 22.8 Å². The lowest BCUT2D eigenvalue weighted by molar-refractivity contribution is 0.254. The number of nitrogens with zero attached hydrogens (tertiary/aromatic N) is 2. The summed E-state index contributed by atoms with van der Waals surface area (Å²) in [6, 6.07) is 12.8. The molecule has 0 atom stereocenters. The van der Waals surface area contributed by atoms with Gasteiger partial charge in [-0.25, -0.2) is 9.78 Å². The average molecular weight is 360 g/mol. The third-order valence-electron chi connectivity index (χ3n) is 4.47. The Labute approximate surface area is 157 Å². The van der Waals surface area contributed by atoms with Crippen LogP contribution in [-0.2, 0) is 7.05 Å². The minimum absolute atomic E-state index is 0.254. The van der Waals surface area contributed by atoms with E-state index in [1.165, 1.54) is 0 Å². The number of nitrogens with one attached hydrogen (secondary N) is 2. The summed E-state index contributed by atoms with van der Waals surface area (Å²) in [6.45, 7) is 1.97. The molecule has 27 heavy (non-hydrogen) atoms. The van der Waals surface area contributed by atoms with Gasteiger partial charge < -0.3 is 19.9 Å². The molecular formula is C21H20N4O2. The van der Waals surface area contributed by atoms with E-state index in [2.05, 4.69) is 15.6 Å². The van der Waals surface area contributed by atoms with Crippen molar-refractivity contribution in [1.29, 1.82) is 0 Å². The van der Waals surface area contributed by atoms with Gasteiger partial charge in [0, 0.05) is 30.9 Å². The molecule has 4 rings (SSSR count). The fourth-order valence-corrected chi connectivity index (χ4v) is 2.94. The van der Waals surface area contributed by atoms with Crippen LogP contribution in [0.25, 0.3) is 11.0 Å². The summed E-state index contributed by atoms with van der Waals surface area (Å²) in [7, 11) is 1.98. The smallest absolute Gasteiger partial charge is 0.323 e. The number of carbonyl (C=O) groups is 1. The van der Waals surface area contributed by atoms with Gasteiger partial charge in [0.15, 0.2) is 0 Å². The van der Waals surface area contributed by atoms with Crippen molar-refractivity contribution < 1.29 is 9.53 Å². The zero-order chi connectivity index (χ0) is 18.8. The Morgan fingerprint density at radius 1 is 1.11 bits per heavy atom. The SMILES string of the molecule is Cc1nc2ccc(Oc3ccc(NC(=O)NC4=CC=CC4)cc3)cc2n1C. The highest BCUT2D eigenvalue weighted by Crippen LogP contribution is 2.26. The molecule has 6 heteroatoms. The van der Waals surface area contributed by atoms with Gasteiger partial charge in [0.05, 0.1) is 11.0 Å². The molecule has 0 aliphatic heterocycles. The number of hydrogen-bond donors (Lipinski definition) is 2. The monoisotopic (exact) mass is 360 g/mol. The molecule has 1 aliphatic rings. The summed E-state index contributed by atoms with van der Waals surface area (Å²) < 4.78 is 7.96. The van der Waals surface area contributed by atoms with Gasteiger partial charge in [-0.3, -0.25) is 0 Å². The fourth-order valence-electron chi connectivity index (χ4n) is 2.94. The van der Waals surface area contributed by atoms with Gasteiger partial charge in [-0.1, -0.05) is 12.2 Å². The molecular weight excluding hydrogens is 340 g/mol. The van der Waals surface area contributed by atoms with Crippen molar-refractivity contribution in [3.63, 3.8) is 0 Å². The van der Waals surface area contributed by atoms with Gasteiger partial charge in [0.2, 0.25) is 0 Å². The number of imidazole rings is 1. The van der Waals surface area contributed by atoms with Crippen LogP contribution < -0.4 is 15.4 Å². The second-order valence-corrected chi connectivity index (χ2v) is 6.40. The molecule has 6 nitrogen and oxygen atoms in total. The van der Waals surface area contributed by atoms with E-state index in [4.69, 9.17) is 4.74 Å². The number of benzene rings is 2. The van der Waals surface area contributed by atoms with Crippen LogP contribution in [0.15, 0.2) is 66.4 Å². The summed E-state index contributed by atoms with van der Waals surface area (Å²) in [5.41, 5.74) is 3.55. The van der Waals surface area contributed by atoms with Crippen LogP contribution >= 0.6 is 0 Å². The zero-order valence-corrected chi connectivity index (χ0v) is 15.2. The fraction of sp³-hybridized carbons (Fsp3) is 0.143. The first kappa shape index (κ1) is 16.9. The van der Waals surface area contributed by atoms with Gasteiger partial charge in [-0.15, -0.1) is 0 Å². The Morgan fingerprint density at radius 3 is 2.63 bits per heavy atom. The maximum Gasteiger partial charge on any atom is 0.323 e. The van der Waals surface area contributed by atoms with Gasteiger partial charge in [-0.2, -0.15) is 0 Å². The molecule has 0 saturated carbocycles. The number of carbonyl (C=O) groups excluding carboxylic acids is 1. The number of aryl methyl sites for hydroxylation is 2. The number of anilines is 1.